The molecule has 0 N–H and O–H groups in total. The first-order chi connectivity index (χ1) is 7.25. The highest BCUT2D eigenvalue weighted by Crippen LogP contribution is 2.22. The van der Waals surface area contributed by atoms with Crippen LogP contribution in [0.5, 0.6) is 0 Å². The van der Waals surface area contributed by atoms with E-state index >= 15 is 0 Å². The highest BCUT2D eigenvalue weighted by molar-refractivity contribution is 5.49. The summed E-state index contributed by atoms with van der Waals surface area (Å²) in [4.78, 5) is 2.25. The molecule has 0 unspecified atom stereocenters. The lowest BCUT2D eigenvalue weighted by Gasteiger charge is -2.17. The summed E-state index contributed by atoms with van der Waals surface area (Å²) in [5.74, 6) is -0.123. The fraction of sp³-hybridized carbons (Fsp3) is 0.538. The van der Waals surface area contributed by atoms with E-state index in [1.54, 1.807) is 12.1 Å². The molecule has 0 saturated carbocycles. The van der Waals surface area contributed by atoms with Crippen LogP contribution in [0.4, 0.5) is 10.1 Å². The first-order valence-corrected chi connectivity index (χ1v) is 5.78. The van der Waals surface area contributed by atoms with E-state index in [0.717, 1.165) is 24.3 Å². The summed E-state index contributed by atoms with van der Waals surface area (Å²) in [5.41, 5.74) is 2.04. The lowest BCUT2D eigenvalue weighted by molar-refractivity contribution is 0.626. The predicted octanol–water partition coefficient (Wildman–Crippen LogP) is 3.76. The molecule has 84 valence electrons. The molecule has 1 aliphatic heterocycles. The monoisotopic (exact) mass is 209 g/mol. The molecule has 1 heterocycles. The maximum Gasteiger partial charge on any atom is 0.125 e. The minimum Gasteiger partial charge on any atom is -0.371 e. The zero-order chi connectivity index (χ0) is 11.3. The second-order valence-corrected chi connectivity index (χ2v) is 3.68. The Balaban J connectivity index is 0.000000531. The van der Waals surface area contributed by atoms with E-state index in [4.69, 9.17) is 0 Å². The molecule has 2 heteroatoms. The van der Waals surface area contributed by atoms with Gasteiger partial charge in [-0.05, 0) is 43.5 Å². The molecule has 0 aliphatic carbocycles. The van der Waals surface area contributed by atoms with E-state index in [9.17, 15) is 4.39 Å². The van der Waals surface area contributed by atoms with Crippen molar-refractivity contribution >= 4 is 5.69 Å². The Kier molecular flexibility index (Phi) is 4.60. The summed E-state index contributed by atoms with van der Waals surface area (Å²) in [6, 6.07) is 5.24. The minimum absolute atomic E-state index is 0.123. The third-order valence-electron chi connectivity index (χ3n) is 2.50. The van der Waals surface area contributed by atoms with Crippen LogP contribution in [0.1, 0.15) is 32.3 Å². The van der Waals surface area contributed by atoms with Gasteiger partial charge in [0, 0.05) is 18.8 Å². The van der Waals surface area contributed by atoms with Crippen LogP contribution in [0, 0.1) is 12.7 Å². The molecule has 2 rings (SSSR count). The van der Waals surface area contributed by atoms with Gasteiger partial charge in [-0.1, -0.05) is 13.8 Å². The summed E-state index contributed by atoms with van der Waals surface area (Å²) < 4.78 is 13.1. The maximum absolute atomic E-state index is 13.1. The van der Waals surface area contributed by atoms with E-state index in [1.807, 2.05) is 20.8 Å². The van der Waals surface area contributed by atoms with Crippen LogP contribution in [-0.2, 0) is 0 Å². The number of nitrogens with zero attached hydrogens (tertiary/aromatic N) is 1. The first-order valence-electron chi connectivity index (χ1n) is 5.78. The van der Waals surface area contributed by atoms with Gasteiger partial charge in [-0.15, -0.1) is 0 Å². The Bertz CT molecular complexity index is 283. The van der Waals surface area contributed by atoms with Crippen molar-refractivity contribution in [2.45, 2.75) is 33.6 Å². The van der Waals surface area contributed by atoms with Gasteiger partial charge in [0.25, 0.3) is 0 Å². The summed E-state index contributed by atoms with van der Waals surface area (Å²) in [6.45, 7) is 8.08. The number of anilines is 1. The van der Waals surface area contributed by atoms with E-state index in [-0.39, 0.29) is 5.82 Å². The normalized spacial score (nSPS) is 14.8. The van der Waals surface area contributed by atoms with Gasteiger partial charge in [0.1, 0.15) is 5.82 Å². The van der Waals surface area contributed by atoms with Gasteiger partial charge in [0.15, 0.2) is 0 Å². The number of rotatable bonds is 1. The van der Waals surface area contributed by atoms with Gasteiger partial charge in [-0.2, -0.15) is 0 Å². The number of aryl methyl sites for hydroxylation is 1. The third-order valence-corrected chi connectivity index (χ3v) is 2.50. The van der Waals surface area contributed by atoms with Crippen molar-refractivity contribution in [2.24, 2.45) is 0 Å². The highest BCUT2D eigenvalue weighted by atomic mass is 19.1. The smallest absolute Gasteiger partial charge is 0.125 e. The summed E-state index contributed by atoms with van der Waals surface area (Å²) >= 11 is 0. The van der Waals surface area contributed by atoms with Crippen LogP contribution >= 0.6 is 0 Å². The predicted molar refractivity (Wildman–Crippen MR) is 63.9 cm³/mol. The molecule has 0 spiro atoms. The molecule has 0 bridgehead atoms. The molecule has 1 nitrogen and oxygen atoms in total. The zero-order valence-electron chi connectivity index (χ0n) is 9.89. The average molecular weight is 209 g/mol. The highest BCUT2D eigenvalue weighted by Gasteiger charge is 2.12. The zero-order valence-corrected chi connectivity index (χ0v) is 9.89. The molecule has 0 aromatic heterocycles. The number of benzene rings is 1. The molecule has 15 heavy (non-hydrogen) atoms. The van der Waals surface area contributed by atoms with Crippen molar-refractivity contribution in [2.75, 3.05) is 18.0 Å². The lowest BCUT2D eigenvalue weighted by atomic mass is 10.2. The molecule has 1 aromatic carbocycles. The van der Waals surface area contributed by atoms with Gasteiger partial charge in [0.2, 0.25) is 0 Å². The first kappa shape index (κ1) is 12.0. The second kappa shape index (κ2) is 5.74. The maximum atomic E-state index is 13.1. The Labute approximate surface area is 91.9 Å². The van der Waals surface area contributed by atoms with E-state index in [0.29, 0.717) is 0 Å². The number of hydrogen-bond donors (Lipinski definition) is 0. The van der Waals surface area contributed by atoms with Crippen LogP contribution in [0.2, 0.25) is 0 Å². The van der Waals surface area contributed by atoms with Gasteiger partial charge < -0.3 is 4.90 Å². The van der Waals surface area contributed by atoms with E-state index < -0.39 is 0 Å². The van der Waals surface area contributed by atoms with Crippen molar-refractivity contribution in [3.8, 4) is 0 Å². The third kappa shape index (κ3) is 3.22. The lowest BCUT2D eigenvalue weighted by Crippen LogP contribution is -2.17. The molecule has 0 amide bonds. The standard InChI is InChI=1S/C11H14FN.C2H6/c1-9-6-10(12)8-11(7-9)13-4-2-3-5-13;1-2/h6-8H,2-5H2,1H3;1-2H3. The molecule has 1 fully saturated rings. The van der Waals surface area contributed by atoms with E-state index in [1.165, 1.54) is 12.8 Å². The van der Waals surface area contributed by atoms with Crippen LogP contribution in [0.3, 0.4) is 0 Å². The summed E-state index contributed by atoms with van der Waals surface area (Å²) in [5, 5.41) is 0. The molecule has 1 aliphatic rings. The fourth-order valence-corrected chi connectivity index (χ4v) is 1.87. The SMILES string of the molecule is CC.Cc1cc(F)cc(N2CCCC2)c1. The van der Waals surface area contributed by atoms with Crippen molar-refractivity contribution in [3.05, 3.63) is 29.6 Å². The van der Waals surface area contributed by atoms with Gasteiger partial charge in [0.05, 0.1) is 0 Å². The average Bonchev–Trinajstić information content (AvgIpc) is 2.72. The molecule has 1 aromatic rings. The largest absolute Gasteiger partial charge is 0.371 e. The van der Waals surface area contributed by atoms with Gasteiger partial charge in [-0.25, -0.2) is 4.39 Å². The van der Waals surface area contributed by atoms with Crippen molar-refractivity contribution in [1.29, 1.82) is 0 Å². The molecule has 1 saturated heterocycles. The minimum atomic E-state index is -0.123. The molecule has 0 atom stereocenters. The second-order valence-electron chi connectivity index (χ2n) is 3.68. The van der Waals surface area contributed by atoms with Crippen molar-refractivity contribution in [1.82, 2.24) is 0 Å². The van der Waals surface area contributed by atoms with Crippen molar-refractivity contribution in [3.63, 3.8) is 0 Å². The Hall–Kier alpha value is -1.05. The Morgan fingerprint density at radius 3 is 2.20 bits per heavy atom. The van der Waals surface area contributed by atoms with Crippen molar-refractivity contribution < 1.29 is 4.39 Å². The summed E-state index contributed by atoms with van der Waals surface area (Å²) in [6.07, 6.45) is 2.46. The summed E-state index contributed by atoms with van der Waals surface area (Å²) in [7, 11) is 0. The van der Waals surface area contributed by atoms with Crippen LogP contribution in [-0.4, -0.2) is 13.1 Å². The Morgan fingerprint density at radius 1 is 1.07 bits per heavy atom. The van der Waals surface area contributed by atoms with E-state index in [2.05, 4.69) is 11.0 Å². The fourth-order valence-electron chi connectivity index (χ4n) is 1.87. The Morgan fingerprint density at radius 2 is 1.67 bits per heavy atom. The number of hydrogen-bond acceptors (Lipinski definition) is 1. The van der Waals surface area contributed by atoms with Gasteiger partial charge >= 0.3 is 0 Å². The van der Waals surface area contributed by atoms with Crippen LogP contribution in [0.15, 0.2) is 18.2 Å². The van der Waals surface area contributed by atoms with Gasteiger partial charge in [-0.3, -0.25) is 0 Å². The molecular weight excluding hydrogens is 189 g/mol. The molecular formula is C13H20FN. The topological polar surface area (TPSA) is 3.24 Å². The van der Waals surface area contributed by atoms with Crippen LogP contribution in [0.25, 0.3) is 0 Å². The van der Waals surface area contributed by atoms with Crippen LogP contribution < -0.4 is 4.90 Å². The quantitative estimate of drug-likeness (QED) is 0.680. The molecule has 0 radical (unpaired) electrons. The number of halogens is 1.